The Bertz CT molecular complexity index is 436. The summed E-state index contributed by atoms with van der Waals surface area (Å²) in [6.45, 7) is 0. The van der Waals surface area contributed by atoms with Crippen LogP contribution in [0.3, 0.4) is 0 Å². The molecule has 0 aliphatic rings. The van der Waals surface area contributed by atoms with E-state index in [-0.39, 0.29) is 0 Å². The lowest BCUT2D eigenvalue weighted by atomic mass is 10.0. The molecule has 0 N–H and O–H groups in total. The molecule has 0 saturated heterocycles. The minimum atomic E-state index is 0.395. The second kappa shape index (κ2) is 5.82. The molecule has 0 spiro atoms. The maximum atomic E-state index is 3.74. The predicted octanol–water partition coefficient (Wildman–Crippen LogP) is 4.97. The third kappa shape index (κ3) is 3.32. The van der Waals surface area contributed by atoms with E-state index in [1.54, 1.807) is 0 Å². The minimum Gasteiger partial charge on any atom is -0.0835 e. The number of benzene rings is 2. The monoisotopic (exact) mass is 386 g/mol. The summed E-state index contributed by atoms with van der Waals surface area (Å²) in [5, 5.41) is 0. The van der Waals surface area contributed by atoms with Crippen LogP contribution < -0.4 is 0 Å². The Balaban J connectivity index is 2.09. The third-order valence-corrected chi connectivity index (χ3v) is 4.06. The van der Waals surface area contributed by atoms with Crippen LogP contribution in [0.25, 0.3) is 0 Å². The van der Waals surface area contributed by atoms with E-state index in [9.17, 15) is 0 Å². The van der Waals surface area contributed by atoms with Crippen LogP contribution in [0.4, 0.5) is 0 Å². The van der Waals surface area contributed by atoms with Crippen LogP contribution in [-0.2, 0) is 6.42 Å². The van der Waals surface area contributed by atoms with Gasteiger partial charge in [0.25, 0.3) is 0 Å². The van der Waals surface area contributed by atoms with Gasteiger partial charge in [0.2, 0.25) is 0 Å². The quantitative estimate of drug-likeness (QED) is 0.516. The molecule has 0 fully saturated rings. The van der Waals surface area contributed by atoms with Crippen molar-refractivity contribution in [2.45, 2.75) is 11.2 Å². The summed E-state index contributed by atoms with van der Waals surface area (Å²) in [5.74, 6) is 0. The summed E-state index contributed by atoms with van der Waals surface area (Å²) in [4.78, 5) is 0.395. The number of hydrogen-bond acceptors (Lipinski definition) is 0. The van der Waals surface area contributed by atoms with Crippen molar-refractivity contribution >= 4 is 38.5 Å². The highest BCUT2D eigenvalue weighted by molar-refractivity contribution is 14.1. The van der Waals surface area contributed by atoms with E-state index < -0.39 is 0 Å². The lowest BCUT2D eigenvalue weighted by Gasteiger charge is -2.10. The van der Waals surface area contributed by atoms with E-state index in [4.69, 9.17) is 0 Å². The summed E-state index contributed by atoms with van der Waals surface area (Å²) in [5.41, 5.74) is 2.70. The molecule has 16 heavy (non-hydrogen) atoms. The average Bonchev–Trinajstić information content (AvgIpc) is 2.31. The van der Waals surface area contributed by atoms with E-state index >= 15 is 0 Å². The second-order valence-electron chi connectivity index (χ2n) is 3.71. The van der Waals surface area contributed by atoms with Gasteiger partial charge in [-0.2, -0.15) is 0 Å². The van der Waals surface area contributed by atoms with Crippen LogP contribution in [0.2, 0.25) is 0 Å². The fourth-order valence-corrected chi connectivity index (χ4v) is 2.65. The lowest BCUT2D eigenvalue weighted by molar-refractivity contribution is 0.948. The smallest absolute Gasteiger partial charge is 0.0435 e. The van der Waals surface area contributed by atoms with Gasteiger partial charge in [0.15, 0.2) is 0 Å². The van der Waals surface area contributed by atoms with Gasteiger partial charge in [0.05, 0.1) is 0 Å². The van der Waals surface area contributed by atoms with Crippen LogP contribution in [0.15, 0.2) is 54.6 Å². The zero-order chi connectivity index (χ0) is 11.4. The van der Waals surface area contributed by atoms with Crippen molar-refractivity contribution in [1.29, 1.82) is 0 Å². The molecule has 0 radical (unpaired) electrons. The third-order valence-electron chi connectivity index (χ3n) is 2.49. The SMILES string of the molecule is BrC(Cc1ccccc1)c1ccc(I)cc1. The highest BCUT2D eigenvalue weighted by Crippen LogP contribution is 2.27. The van der Waals surface area contributed by atoms with Gasteiger partial charge in [-0.1, -0.05) is 58.4 Å². The fraction of sp³-hybridized carbons (Fsp3) is 0.143. The molecule has 0 nitrogen and oxygen atoms in total. The van der Waals surface area contributed by atoms with Crippen molar-refractivity contribution < 1.29 is 0 Å². The van der Waals surface area contributed by atoms with Gasteiger partial charge in [-0.3, -0.25) is 0 Å². The van der Waals surface area contributed by atoms with Crippen molar-refractivity contribution in [2.75, 3.05) is 0 Å². The first kappa shape index (κ1) is 12.1. The molecule has 0 aliphatic heterocycles. The molecule has 0 bridgehead atoms. The minimum absolute atomic E-state index is 0.395. The molecule has 0 amide bonds. The summed E-state index contributed by atoms with van der Waals surface area (Å²) in [6.07, 6.45) is 1.03. The molecule has 2 aromatic rings. The topological polar surface area (TPSA) is 0 Å². The van der Waals surface area contributed by atoms with Crippen molar-refractivity contribution in [3.8, 4) is 0 Å². The van der Waals surface area contributed by atoms with Gasteiger partial charge in [-0.25, -0.2) is 0 Å². The van der Waals surface area contributed by atoms with Gasteiger partial charge < -0.3 is 0 Å². The Morgan fingerprint density at radius 2 is 1.56 bits per heavy atom. The Hall–Kier alpha value is -0.350. The molecule has 82 valence electrons. The molecule has 2 heteroatoms. The van der Waals surface area contributed by atoms with Crippen molar-refractivity contribution in [3.05, 3.63) is 69.3 Å². The van der Waals surface area contributed by atoms with Gasteiger partial charge >= 0.3 is 0 Å². The van der Waals surface area contributed by atoms with E-state index in [0.717, 1.165) is 6.42 Å². The molecule has 1 unspecified atom stereocenters. The Morgan fingerprint density at radius 3 is 2.19 bits per heavy atom. The van der Waals surface area contributed by atoms with Gasteiger partial charge in [-0.15, -0.1) is 0 Å². The lowest BCUT2D eigenvalue weighted by Crippen LogP contribution is -1.95. The molecular formula is C14H12BrI. The molecule has 2 rings (SSSR count). The summed E-state index contributed by atoms with van der Waals surface area (Å²) in [6, 6.07) is 19.2. The molecule has 2 aromatic carbocycles. The molecule has 0 heterocycles. The predicted molar refractivity (Wildman–Crippen MR) is 81.0 cm³/mol. The summed E-state index contributed by atoms with van der Waals surface area (Å²) in [7, 11) is 0. The second-order valence-corrected chi connectivity index (χ2v) is 6.06. The molecule has 1 atom stereocenters. The highest BCUT2D eigenvalue weighted by Gasteiger charge is 2.07. The summed E-state index contributed by atoms with van der Waals surface area (Å²) >= 11 is 6.07. The Kier molecular flexibility index (Phi) is 4.41. The zero-order valence-corrected chi connectivity index (χ0v) is 12.5. The Labute approximate surface area is 118 Å². The molecular weight excluding hydrogens is 375 g/mol. The standard InChI is InChI=1S/C14H12BrI/c15-14(10-11-4-2-1-3-5-11)12-6-8-13(16)9-7-12/h1-9,14H,10H2. The van der Waals surface area contributed by atoms with Crippen LogP contribution in [0.1, 0.15) is 16.0 Å². The maximum absolute atomic E-state index is 3.74. The highest BCUT2D eigenvalue weighted by atomic mass is 127. The van der Waals surface area contributed by atoms with E-state index in [2.05, 4.69) is 93.1 Å². The van der Waals surface area contributed by atoms with Crippen molar-refractivity contribution in [2.24, 2.45) is 0 Å². The Morgan fingerprint density at radius 1 is 0.938 bits per heavy atom. The normalized spacial score (nSPS) is 12.4. The van der Waals surface area contributed by atoms with E-state index in [1.807, 2.05) is 0 Å². The average molecular weight is 387 g/mol. The molecule has 0 aliphatic carbocycles. The number of rotatable bonds is 3. The van der Waals surface area contributed by atoms with E-state index in [1.165, 1.54) is 14.7 Å². The number of hydrogen-bond donors (Lipinski definition) is 0. The number of halogens is 2. The van der Waals surface area contributed by atoms with Gasteiger partial charge in [0.1, 0.15) is 0 Å². The van der Waals surface area contributed by atoms with Gasteiger partial charge in [0, 0.05) is 8.40 Å². The zero-order valence-electron chi connectivity index (χ0n) is 8.74. The van der Waals surface area contributed by atoms with Crippen molar-refractivity contribution in [1.82, 2.24) is 0 Å². The van der Waals surface area contributed by atoms with Crippen LogP contribution in [0.5, 0.6) is 0 Å². The van der Waals surface area contributed by atoms with Crippen LogP contribution >= 0.6 is 38.5 Å². The van der Waals surface area contributed by atoms with Gasteiger partial charge in [-0.05, 0) is 52.3 Å². The molecule has 0 saturated carbocycles. The van der Waals surface area contributed by atoms with Crippen molar-refractivity contribution in [3.63, 3.8) is 0 Å². The van der Waals surface area contributed by atoms with Crippen LogP contribution in [-0.4, -0.2) is 0 Å². The first-order valence-electron chi connectivity index (χ1n) is 5.19. The molecule has 0 aromatic heterocycles. The first-order chi connectivity index (χ1) is 7.75. The summed E-state index contributed by atoms with van der Waals surface area (Å²) < 4.78 is 1.28. The van der Waals surface area contributed by atoms with E-state index in [0.29, 0.717) is 4.83 Å². The van der Waals surface area contributed by atoms with Crippen LogP contribution in [0, 0.1) is 3.57 Å². The first-order valence-corrected chi connectivity index (χ1v) is 7.18. The fourth-order valence-electron chi connectivity index (χ4n) is 1.61. The maximum Gasteiger partial charge on any atom is 0.0435 e. The largest absolute Gasteiger partial charge is 0.0835 e. The number of alkyl halides is 1.